The van der Waals surface area contributed by atoms with Crippen molar-refractivity contribution in [3.63, 3.8) is 0 Å². The molecule has 0 radical (unpaired) electrons. The molecule has 1 aliphatic rings. The van der Waals surface area contributed by atoms with Crippen LogP contribution < -0.4 is 10.6 Å². The molecular weight excluding hydrogens is 268 g/mol. The number of anilines is 2. The van der Waals surface area contributed by atoms with Crippen LogP contribution in [0.5, 0.6) is 0 Å². The average molecular weight is 284 g/mol. The number of sulfone groups is 1. The summed E-state index contributed by atoms with van der Waals surface area (Å²) < 4.78 is 23.1. The topological polar surface area (TPSA) is 101 Å². The highest BCUT2D eigenvalue weighted by Crippen LogP contribution is 2.24. The lowest BCUT2D eigenvalue weighted by Gasteiger charge is -2.24. The van der Waals surface area contributed by atoms with Gasteiger partial charge in [-0.3, -0.25) is 0 Å². The SMILES string of the molecule is Nc1ccc(N2CCCS(=O)(=O)CC2)c(C(=O)O)c1. The van der Waals surface area contributed by atoms with E-state index in [-0.39, 0.29) is 17.1 Å². The van der Waals surface area contributed by atoms with E-state index in [1.807, 2.05) is 0 Å². The molecule has 1 aromatic carbocycles. The van der Waals surface area contributed by atoms with E-state index in [1.165, 1.54) is 6.07 Å². The molecule has 1 aliphatic heterocycles. The van der Waals surface area contributed by atoms with Crippen LogP contribution in [0.25, 0.3) is 0 Å². The second-order valence-electron chi connectivity index (χ2n) is 4.57. The number of nitrogens with two attached hydrogens (primary N) is 1. The standard InChI is InChI=1S/C12H16N2O4S/c13-9-2-3-11(10(8-9)12(15)16)14-4-1-6-19(17,18)7-5-14/h2-3,8H,1,4-7,13H2,(H,15,16). The number of carbonyl (C=O) groups is 1. The van der Waals surface area contributed by atoms with Gasteiger partial charge in [-0.15, -0.1) is 0 Å². The van der Waals surface area contributed by atoms with Crippen LogP contribution in [0.15, 0.2) is 18.2 Å². The largest absolute Gasteiger partial charge is 0.478 e. The summed E-state index contributed by atoms with van der Waals surface area (Å²) in [5, 5.41) is 9.19. The monoisotopic (exact) mass is 284 g/mol. The smallest absolute Gasteiger partial charge is 0.337 e. The molecule has 1 heterocycles. The Bertz CT molecular complexity index is 598. The first-order chi connectivity index (χ1) is 8.89. The number of benzene rings is 1. The molecule has 104 valence electrons. The van der Waals surface area contributed by atoms with Crippen LogP contribution in [-0.2, 0) is 9.84 Å². The average Bonchev–Trinajstić information content (AvgIpc) is 2.50. The van der Waals surface area contributed by atoms with Crippen molar-refractivity contribution >= 4 is 27.2 Å². The number of rotatable bonds is 2. The summed E-state index contributed by atoms with van der Waals surface area (Å²) in [6, 6.07) is 4.66. The zero-order chi connectivity index (χ0) is 14.0. The molecule has 0 aliphatic carbocycles. The van der Waals surface area contributed by atoms with Crippen LogP contribution >= 0.6 is 0 Å². The molecule has 19 heavy (non-hydrogen) atoms. The molecule has 0 amide bonds. The predicted octanol–water partition coefficient (Wildman–Crippen LogP) is 0.592. The Morgan fingerprint density at radius 3 is 2.68 bits per heavy atom. The normalized spacial score (nSPS) is 18.8. The Balaban J connectivity index is 2.34. The quantitative estimate of drug-likeness (QED) is 0.771. The van der Waals surface area contributed by atoms with Gasteiger partial charge in [0.15, 0.2) is 9.84 Å². The second kappa shape index (κ2) is 5.08. The second-order valence-corrected chi connectivity index (χ2v) is 6.88. The molecule has 0 unspecified atom stereocenters. The molecule has 1 saturated heterocycles. The van der Waals surface area contributed by atoms with E-state index in [9.17, 15) is 18.3 Å². The molecule has 1 aromatic rings. The molecule has 3 N–H and O–H groups in total. The number of aromatic carboxylic acids is 1. The number of nitrogens with zero attached hydrogens (tertiary/aromatic N) is 1. The van der Waals surface area contributed by atoms with Crippen molar-refractivity contribution in [2.24, 2.45) is 0 Å². The van der Waals surface area contributed by atoms with Crippen molar-refractivity contribution in [1.82, 2.24) is 0 Å². The zero-order valence-corrected chi connectivity index (χ0v) is 11.2. The molecule has 0 spiro atoms. The van der Waals surface area contributed by atoms with Crippen molar-refractivity contribution in [3.8, 4) is 0 Å². The van der Waals surface area contributed by atoms with Crippen molar-refractivity contribution < 1.29 is 18.3 Å². The Hall–Kier alpha value is -1.76. The number of carboxylic acid groups (broad SMARTS) is 1. The predicted molar refractivity (Wildman–Crippen MR) is 73.3 cm³/mol. The summed E-state index contributed by atoms with van der Waals surface area (Å²) in [5.74, 6) is -0.855. The minimum Gasteiger partial charge on any atom is -0.478 e. The summed E-state index contributed by atoms with van der Waals surface area (Å²) >= 11 is 0. The van der Waals surface area contributed by atoms with Crippen LogP contribution in [0.2, 0.25) is 0 Å². The van der Waals surface area contributed by atoms with Crippen molar-refractivity contribution in [3.05, 3.63) is 23.8 Å². The Labute approximate surface area is 111 Å². The van der Waals surface area contributed by atoms with Gasteiger partial charge in [0.2, 0.25) is 0 Å². The van der Waals surface area contributed by atoms with E-state index in [2.05, 4.69) is 0 Å². The summed E-state index contributed by atoms with van der Waals surface area (Å²) in [6.07, 6.45) is 0.506. The fourth-order valence-corrected chi connectivity index (χ4v) is 3.45. The third kappa shape index (κ3) is 3.17. The third-order valence-electron chi connectivity index (χ3n) is 3.15. The lowest BCUT2D eigenvalue weighted by molar-refractivity contribution is 0.0697. The maximum atomic E-state index is 11.6. The van der Waals surface area contributed by atoms with Gasteiger partial charge in [0, 0.05) is 18.8 Å². The van der Waals surface area contributed by atoms with Gasteiger partial charge in [-0.05, 0) is 24.6 Å². The number of hydrogen-bond donors (Lipinski definition) is 2. The first-order valence-corrected chi connectivity index (χ1v) is 7.79. The molecule has 0 atom stereocenters. The maximum Gasteiger partial charge on any atom is 0.337 e. The first kappa shape index (κ1) is 13.7. The van der Waals surface area contributed by atoms with Gasteiger partial charge in [0.1, 0.15) is 0 Å². The van der Waals surface area contributed by atoms with Gasteiger partial charge in [-0.1, -0.05) is 0 Å². The van der Waals surface area contributed by atoms with Crippen molar-refractivity contribution in [2.75, 3.05) is 35.2 Å². The summed E-state index contributed by atoms with van der Waals surface area (Å²) in [7, 11) is -3.02. The number of nitrogen functional groups attached to an aromatic ring is 1. The highest BCUT2D eigenvalue weighted by molar-refractivity contribution is 7.91. The number of hydrogen-bond acceptors (Lipinski definition) is 5. The summed E-state index contributed by atoms with van der Waals surface area (Å²) in [4.78, 5) is 13.0. The number of carboxylic acids is 1. The molecule has 0 aromatic heterocycles. The van der Waals surface area contributed by atoms with Crippen LogP contribution in [0.1, 0.15) is 16.8 Å². The van der Waals surface area contributed by atoms with E-state index in [0.717, 1.165) is 0 Å². The Morgan fingerprint density at radius 2 is 2.00 bits per heavy atom. The minimum absolute atomic E-state index is 0.0520. The van der Waals surface area contributed by atoms with Crippen LogP contribution in [0.3, 0.4) is 0 Å². The molecule has 7 heteroatoms. The van der Waals surface area contributed by atoms with Crippen LogP contribution in [0, 0.1) is 0 Å². The van der Waals surface area contributed by atoms with E-state index < -0.39 is 15.8 Å². The van der Waals surface area contributed by atoms with E-state index in [0.29, 0.717) is 30.9 Å². The first-order valence-electron chi connectivity index (χ1n) is 5.97. The van der Waals surface area contributed by atoms with Gasteiger partial charge in [0.05, 0.1) is 22.8 Å². The molecule has 0 saturated carbocycles. The summed E-state index contributed by atoms with van der Waals surface area (Å²) in [6.45, 7) is 0.843. The third-order valence-corrected chi connectivity index (χ3v) is 4.86. The highest BCUT2D eigenvalue weighted by atomic mass is 32.2. The van der Waals surface area contributed by atoms with Gasteiger partial charge < -0.3 is 15.7 Å². The molecular formula is C12H16N2O4S. The highest BCUT2D eigenvalue weighted by Gasteiger charge is 2.22. The Kier molecular flexibility index (Phi) is 3.66. The zero-order valence-electron chi connectivity index (χ0n) is 10.4. The van der Waals surface area contributed by atoms with Gasteiger partial charge in [-0.25, -0.2) is 13.2 Å². The maximum absolute atomic E-state index is 11.6. The van der Waals surface area contributed by atoms with E-state index in [4.69, 9.17) is 5.73 Å². The molecule has 6 nitrogen and oxygen atoms in total. The minimum atomic E-state index is -3.02. The molecule has 2 rings (SSSR count). The van der Waals surface area contributed by atoms with E-state index in [1.54, 1.807) is 17.0 Å². The molecule has 0 bridgehead atoms. The Morgan fingerprint density at radius 1 is 1.26 bits per heavy atom. The van der Waals surface area contributed by atoms with Crippen molar-refractivity contribution in [2.45, 2.75) is 6.42 Å². The summed E-state index contributed by atoms with van der Waals surface area (Å²) in [5.41, 5.74) is 6.61. The van der Waals surface area contributed by atoms with Crippen LogP contribution in [-0.4, -0.2) is 44.1 Å². The fraction of sp³-hybridized carbons (Fsp3) is 0.417. The molecule has 1 fully saturated rings. The van der Waals surface area contributed by atoms with Gasteiger partial charge in [-0.2, -0.15) is 0 Å². The van der Waals surface area contributed by atoms with Crippen molar-refractivity contribution in [1.29, 1.82) is 0 Å². The van der Waals surface area contributed by atoms with Gasteiger partial charge in [0.25, 0.3) is 0 Å². The fourth-order valence-electron chi connectivity index (χ4n) is 2.18. The van der Waals surface area contributed by atoms with Gasteiger partial charge >= 0.3 is 5.97 Å². The lowest BCUT2D eigenvalue weighted by Crippen LogP contribution is -2.28. The van der Waals surface area contributed by atoms with E-state index >= 15 is 0 Å². The van der Waals surface area contributed by atoms with Crippen LogP contribution in [0.4, 0.5) is 11.4 Å². The lowest BCUT2D eigenvalue weighted by atomic mass is 10.1.